The van der Waals surface area contributed by atoms with E-state index in [2.05, 4.69) is 0 Å². The van der Waals surface area contributed by atoms with Crippen molar-refractivity contribution in [3.8, 4) is 5.75 Å². The van der Waals surface area contributed by atoms with Gasteiger partial charge in [-0.1, -0.05) is 12.1 Å². The van der Waals surface area contributed by atoms with Crippen LogP contribution in [0.15, 0.2) is 18.2 Å². The molecular formula is C12H14O3. The van der Waals surface area contributed by atoms with E-state index in [0.29, 0.717) is 0 Å². The van der Waals surface area contributed by atoms with Crippen LogP contribution in [0.2, 0.25) is 0 Å². The normalized spacial score (nSPS) is 23.6. The summed E-state index contributed by atoms with van der Waals surface area (Å²) in [5.41, 5.74) is 2.15. The third-order valence-corrected chi connectivity index (χ3v) is 2.97. The van der Waals surface area contributed by atoms with Crippen molar-refractivity contribution in [3.63, 3.8) is 0 Å². The number of rotatable bonds is 3. The number of aliphatic carboxylic acids is 1. The number of ether oxygens (including phenoxy) is 1. The molecule has 15 heavy (non-hydrogen) atoms. The third-order valence-electron chi connectivity index (χ3n) is 2.97. The summed E-state index contributed by atoms with van der Waals surface area (Å²) in [7, 11) is 1.63. The molecule has 0 radical (unpaired) electrons. The first kappa shape index (κ1) is 10.0. The van der Waals surface area contributed by atoms with E-state index in [-0.39, 0.29) is 11.8 Å². The van der Waals surface area contributed by atoms with Gasteiger partial charge in [0.25, 0.3) is 0 Å². The van der Waals surface area contributed by atoms with Gasteiger partial charge in [-0.05, 0) is 36.5 Å². The number of hydrogen-bond acceptors (Lipinski definition) is 2. The highest BCUT2D eigenvalue weighted by Crippen LogP contribution is 2.48. The molecule has 1 aliphatic rings. The Hall–Kier alpha value is -1.51. The summed E-state index contributed by atoms with van der Waals surface area (Å²) in [4.78, 5) is 10.7. The minimum Gasteiger partial charge on any atom is -0.496 e. The van der Waals surface area contributed by atoms with Gasteiger partial charge in [0.05, 0.1) is 13.0 Å². The van der Waals surface area contributed by atoms with Gasteiger partial charge in [-0.15, -0.1) is 0 Å². The number of benzene rings is 1. The molecule has 2 atom stereocenters. The van der Waals surface area contributed by atoms with Crippen LogP contribution in [0.1, 0.15) is 23.5 Å². The van der Waals surface area contributed by atoms with Gasteiger partial charge in [0.2, 0.25) is 0 Å². The van der Waals surface area contributed by atoms with E-state index >= 15 is 0 Å². The van der Waals surface area contributed by atoms with Crippen molar-refractivity contribution < 1.29 is 14.6 Å². The van der Waals surface area contributed by atoms with Crippen LogP contribution in [0.4, 0.5) is 0 Å². The van der Waals surface area contributed by atoms with Crippen LogP contribution >= 0.6 is 0 Å². The lowest BCUT2D eigenvalue weighted by molar-refractivity contribution is -0.138. The SMILES string of the molecule is COc1cc([C@@H]2C[C@H]2C(=O)O)ccc1C. The predicted molar refractivity (Wildman–Crippen MR) is 56.2 cm³/mol. The Morgan fingerprint density at radius 1 is 1.53 bits per heavy atom. The second-order valence-corrected chi connectivity index (χ2v) is 4.02. The second-order valence-electron chi connectivity index (χ2n) is 4.02. The molecule has 0 unspecified atom stereocenters. The summed E-state index contributed by atoms with van der Waals surface area (Å²) in [6, 6.07) is 5.92. The quantitative estimate of drug-likeness (QED) is 0.824. The van der Waals surface area contributed by atoms with Crippen LogP contribution < -0.4 is 4.74 Å². The first-order valence-electron chi connectivity index (χ1n) is 5.01. The van der Waals surface area contributed by atoms with E-state index in [1.54, 1.807) is 7.11 Å². The molecule has 80 valence electrons. The van der Waals surface area contributed by atoms with E-state index in [4.69, 9.17) is 9.84 Å². The number of carbonyl (C=O) groups is 1. The second kappa shape index (κ2) is 3.57. The standard InChI is InChI=1S/C12H14O3/c1-7-3-4-8(5-11(7)15-2)9-6-10(9)12(13)14/h3-5,9-10H,6H2,1-2H3,(H,13,14)/t9-,10+/m0/s1. The Morgan fingerprint density at radius 3 is 2.80 bits per heavy atom. The van der Waals surface area contributed by atoms with Gasteiger partial charge >= 0.3 is 5.97 Å². The summed E-state index contributed by atoms with van der Waals surface area (Å²) < 4.78 is 5.21. The molecule has 1 N–H and O–H groups in total. The van der Waals surface area contributed by atoms with Crippen LogP contribution in [0, 0.1) is 12.8 Å². The molecule has 0 aromatic heterocycles. The van der Waals surface area contributed by atoms with Crippen molar-refractivity contribution in [2.24, 2.45) is 5.92 Å². The summed E-state index contributed by atoms with van der Waals surface area (Å²) in [5.74, 6) is 0.123. The fourth-order valence-corrected chi connectivity index (χ4v) is 1.90. The fraction of sp³-hybridized carbons (Fsp3) is 0.417. The molecule has 1 aromatic carbocycles. The summed E-state index contributed by atoms with van der Waals surface area (Å²) in [6.45, 7) is 1.98. The minimum absolute atomic E-state index is 0.178. The lowest BCUT2D eigenvalue weighted by Crippen LogP contribution is -1.99. The summed E-state index contributed by atoms with van der Waals surface area (Å²) in [6.07, 6.45) is 0.752. The molecule has 1 fully saturated rings. The van der Waals surface area contributed by atoms with Crippen molar-refractivity contribution in [1.29, 1.82) is 0 Å². The zero-order valence-corrected chi connectivity index (χ0v) is 8.86. The molecule has 0 heterocycles. The van der Waals surface area contributed by atoms with Crippen LogP contribution in [-0.4, -0.2) is 18.2 Å². The molecule has 0 bridgehead atoms. The molecule has 3 nitrogen and oxygen atoms in total. The molecule has 3 heteroatoms. The Bertz CT molecular complexity index is 398. The van der Waals surface area contributed by atoms with Crippen molar-refractivity contribution in [2.45, 2.75) is 19.3 Å². The van der Waals surface area contributed by atoms with Gasteiger partial charge in [0, 0.05) is 0 Å². The Balaban J connectivity index is 2.21. The molecule has 2 rings (SSSR count). The third kappa shape index (κ3) is 1.82. The first-order valence-corrected chi connectivity index (χ1v) is 5.01. The van der Waals surface area contributed by atoms with E-state index in [1.165, 1.54) is 0 Å². The highest BCUT2D eigenvalue weighted by molar-refractivity contribution is 5.75. The van der Waals surface area contributed by atoms with Crippen LogP contribution in [0.25, 0.3) is 0 Å². The van der Waals surface area contributed by atoms with Crippen molar-refractivity contribution in [1.82, 2.24) is 0 Å². The summed E-state index contributed by atoms with van der Waals surface area (Å²) in [5, 5.41) is 8.83. The molecule has 0 aliphatic heterocycles. The van der Waals surface area contributed by atoms with Crippen molar-refractivity contribution in [3.05, 3.63) is 29.3 Å². The number of carboxylic acid groups (broad SMARTS) is 1. The van der Waals surface area contributed by atoms with Gasteiger partial charge in [0.1, 0.15) is 5.75 Å². The van der Waals surface area contributed by atoms with E-state index in [0.717, 1.165) is 23.3 Å². The molecule has 0 saturated heterocycles. The number of aryl methyl sites for hydroxylation is 1. The highest BCUT2D eigenvalue weighted by Gasteiger charge is 2.44. The first-order chi connectivity index (χ1) is 7.13. The Labute approximate surface area is 88.7 Å². The molecule has 1 aliphatic carbocycles. The monoisotopic (exact) mass is 206 g/mol. The average molecular weight is 206 g/mol. The zero-order chi connectivity index (χ0) is 11.0. The van der Waals surface area contributed by atoms with Crippen molar-refractivity contribution in [2.75, 3.05) is 7.11 Å². The Kier molecular flexibility index (Phi) is 2.39. The largest absolute Gasteiger partial charge is 0.496 e. The Morgan fingerprint density at radius 2 is 2.27 bits per heavy atom. The zero-order valence-electron chi connectivity index (χ0n) is 8.86. The van der Waals surface area contributed by atoms with E-state index < -0.39 is 5.97 Å². The molecule has 1 aromatic rings. The minimum atomic E-state index is -0.695. The van der Waals surface area contributed by atoms with Crippen LogP contribution in [-0.2, 0) is 4.79 Å². The topological polar surface area (TPSA) is 46.5 Å². The maximum Gasteiger partial charge on any atom is 0.307 e. The van der Waals surface area contributed by atoms with Crippen molar-refractivity contribution >= 4 is 5.97 Å². The molecule has 0 amide bonds. The average Bonchev–Trinajstić information content (AvgIpc) is 2.98. The lowest BCUT2D eigenvalue weighted by Gasteiger charge is -2.06. The van der Waals surface area contributed by atoms with E-state index in [9.17, 15) is 4.79 Å². The molecular weight excluding hydrogens is 192 g/mol. The summed E-state index contributed by atoms with van der Waals surface area (Å²) >= 11 is 0. The predicted octanol–water partition coefficient (Wildman–Crippen LogP) is 2.19. The maximum atomic E-state index is 10.7. The van der Waals surface area contributed by atoms with Gasteiger partial charge in [0.15, 0.2) is 0 Å². The maximum absolute atomic E-state index is 10.7. The fourth-order valence-electron chi connectivity index (χ4n) is 1.90. The van der Waals surface area contributed by atoms with Gasteiger partial charge < -0.3 is 9.84 Å². The van der Waals surface area contributed by atoms with Crippen LogP contribution in [0.3, 0.4) is 0 Å². The highest BCUT2D eigenvalue weighted by atomic mass is 16.5. The van der Waals surface area contributed by atoms with Gasteiger partial charge in [-0.3, -0.25) is 4.79 Å². The number of carboxylic acids is 1. The number of hydrogen-bond donors (Lipinski definition) is 1. The van der Waals surface area contributed by atoms with Gasteiger partial charge in [-0.2, -0.15) is 0 Å². The van der Waals surface area contributed by atoms with E-state index in [1.807, 2.05) is 25.1 Å². The lowest BCUT2D eigenvalue weighted by atomic mass is 10.1. The number of methoxy groups -OCH3 is 1. The van der Waals surface area contributed by atoms with Gasteiger partial charge in [-0.25, -0.2) is 0 Å². The smallest absolute Gasteiger partial charge is 0.307 e. The molecule has 0 spiro atoms. The van der Waals surface area contributed by atoms with Crippen LogP contribution in [0.5, 0.6) is 5.75 Å². The molecule has 1 saturated carbocycles.